The van der Waals surface area contributed by atoms with Gasteiger partial charge in [-0.25, -0.2) is 4.79 Å². The van der Waals surface area contributed by atoms with Crippen molar-refractivity contribution >= 4 is 67.9 Å². The molecule has 1 aliphatic heterocycles. The third-order valence-electron chi connectivity index (χ3n) is 5.03. The lowest BCUT2D eigenvalue weighted by Gasteiger charge is -2.15. The Morgan fingerprint density at radius 3 is 2.54 bits per heavy atom. The zero-order valence-electron chi connectivity index (χ0n) is 18.6. The lowest BCUT2D eigenvalue weighted by Crippen LogP contribution is -2.27. The fourth-order valence-electron chi connectivity index (χ4n) is 3.41. The Hall–Kier alpha value is -3.14. The van der Waals surface area contributed by atoms with Crippen LogP contribution in [-0.4, -0.2) is 27.9 Å². The zero-order valence-corrected chi connectivity index (χ0v) is 21.8. The van der Waals surface area contributed by atoms with E-state index in [9.17, 15) is 14.7 Å². The van der Waals surface area contributed by atoms with Gasteiger partial charge in [0.05, 0.1) is 22.8 Å². The summed E-state index contributed by atoms with van der Waals surface area (Å²) in [6, 6.07) is 19.4. The van der Waals surface area contributed by atoms with Crippen LogP contribution in [-0.2, 0) is 11.4 Å². The monoisotopic (exact) mass is 569 g/mol. The van der Waals surface area contributed by atoms with Crippen LogP contribution in [0.4, 0.5) is 5.69 Å². The minimum Gasteiger partial charge on any atom is -0.490 e. The first-order valence-electron chi connectivity index (χ1n) is 10.6. The first-order valence-corrected chi connectivity index (χ1v) is 12.6. The number of carboxylic acid groups (broad SMARTS) is 1. The molecular formula is C26H20BrNO5S2. The molecule has 1 heterocycles. The number of rotatable bonds is 8. The number of thiocarbonyl (C=S) groups is 1. The molecule has 6 nitrogen and oxygen atoms in total. The number of nitrogens with zero attached hydrogens (tertiary/aromatic N) is 1. The van der Waals surface area contributed by atoms with Gasteiger partial charge in [-0.05, 0) is 60.5 Å². The molecule has 1 fully saturated rings. The average Bonchev–Trinajstić information content (AvgIpc) is 3.13. The Morgan fingerprint density at radius 1 is 1.09 bits per heavy atom. The van der Waals surface area contributed by atoms with Gasteiger partial charge in [0.1, 0.15) is 6.61 Å². The van der Waals surface area contributed by atoms with Crippen LogP contribution < -0.4 is 14.4 Å². The summed E-state index contributed by atoms with van der Waals surface area (Å²) in [6.07, 6.45) is 1.77. The van der Waals surface area contributed by atoms with Crippen LogP contribution >= 0.6 is 39.9 Å². The topological polar surface area (TPSA) is 76.1 Å². The maximum atomic E-state index is 13.1. The molecule has 9 heteroatoms. The summed E-state index contributed by atoms with van der Waals surface area (Å²) in [5.41, 5.74) is 2.38. The highest BCUT2D eigenvalue weighted by Gasteiger charge is 2.33. The van der Waals surface area contributed by atoms with Crippen LogP contribution in [0, 0.1) is 0 Å². The smallest absolute Gasteiger partial charge is 0.335 e. The summed E-state index contributed by atoms with van der Waals surface area (Å²) in [4.78, 5) is 26.3. The molecule has 1 N–H and O–H groups in total. The van der Waals surface area contributed by atoms with E-state index in [2.05, 4.69) is 15.9 Å². The fourth-order valence-corrected chi connectivity index (χ4v) is 5.13. The number of carbonyl (C=O) groups excluding carboxylic acids is 1. The van der Waals surface area contributed by atoms with E-state index in [0.29, 0.717) is 31.8 Å². The second-order valence-electron chi connectivity index (χ2n) is 7.40. The summed E-state index contributed by atoms with van der Waals surface area (Å²) in [5, 5.41) is 9.20. The molecule has 0 unspecified atom stereocenters. The maximum Gasteiger partial charge on any atom is 0.335 e. The first kappa shape index (κ1) is 25.0. The quantitative estimate of drug-likeness (QED) is 0.244. The minimum atomic E-state index is -0.994. The summed E-state index contributed by atoms with van der Waals surface area (Å²) >= 11 is 10.3. The number of halogens is 1. The van der Waals surface area contributed by atoms with Crippen molar-refractivity contribution in [1.29, 1.82) is 0 Å². The van der Waals surface area contributed by atoms with Gasteiger partial charge in [0.15, 0.2) is 15.8 Å². The van der Waals surface area contributed by atoms with Gasteiger partial charge in [-0.1, -0.05) is 70.2 Å². The van der Waals surface area contributed by atoms with Crippen LogP contribution in [0.15, 0.2) is 76.1 Å². The third-order valence-corrected chi connectivity index (χ3v) is 7.01. The average molecular weight is 570 g/mol. The molecule has 0 bridgehead atoms. The van der Waals surface area contributed by atoms with E-state index >= 15 is 0 Å². The lowest BCUT2D eigenvalue weighted by molar-refractivity contribution is -0.113. The van der Waals surface area contributed by atoms with E-state index in [0.717, 1.165) is 16.8 Å². The number of anilines is 1. The largest absolute Gasteiger partial charge is 0.490 e. The molecule has 0 spiro atoms. The summed E-state index contributed by atoms with van der Waals surface area (Å²) in [6.45, 7) is 2.46. The molecule has 35 heavy (non-hydrogen) atoms. The summed E-state index contributed by atoms with van der Waals surface area (Å²) < 4.78 is 12.9. The van der Waals surface area contributed by atoms with E-state index < -0.39 is 5.97 Å². The Balaban J connectivity index is 1.59. The number of aromatic carboxylic acids is 1. The first-order chi connectivity index (χ1) is 16.9. The summed E-state index contributed by atoms with van der Waals surface area (Å²) in [7, 11) is 0. The van der Waals surface area contributed by atoms with E-state index in [1.807, 2.05) is 37.3 Å². The number of para-hydroxylation sites is 1. The highest BCUT2D eigenvalue weighted by Crippen LogP contribution is 2.39. The number of ether oxygens (including phenoxy) is 2. The van der Waals surface area contributed by atoms with Gasteiger partial charge in [-0.15, -0.1) is 0 Å². The molecule has 0 saturated carbocycles. The van der Waals surface area contributed by atoms with Gasteiger partial charge in [0.2, 0.25) is 0 Å². The molecule has 0 radical (unpaired) electrons. The Kier molecular flexibility index (Phi) is 7.90. The number of amides is 1. The van der Waals surface area contributed by atoms with Gasteiger partial charge >= 0.3 is 5.97 Å². The molecule has 1 amide bonds. The molecule has 4 rings (SSSR count). The van der Waals surface area contributed by atoms with Crippen molar-refractivity contribution in [1.82, 2.24) is 0 Å². The number of hydrogen-bond donors (Lipinski definition) is 1. The Morgan fingerprint density at radius 2 is 1.83 bits per heavy atom. The van der Waals surface area contributed by atoms with Gasteiger partial charge in [0.25, 0.3) is 5.91 Å². The van der Waals surface area contributed by atoms with Crippen LogP contribution in [0.1, 0.15) is 28.4 Å². The molecule has 0 atom stereocenters. The van der Waals surface area contributed by atoms with Crippen molar-refractivity contribution in [3.05, 3.63) is 92.8 Å². The molecule has 1 aliphatic rings. The third kappa shape index (κ3) is 5.75. The molecule has 0 aromatic heterocycles. The predicted molar refractivity (Wildman–Crippen MR) is 145 cm³/mol. The van der Waals surface area contributed by atoms with Gasteiger partial charge in [-0.3, -0.25) is 9.69 Å². The van der Waals surface area contributed by atoms with Crippen molar-refractivity contribution < 1.29 is 24.2 Å². The SMILES string of the molecule is CCOc1cc(/C=C2/SC(=S)N(c3ccccc3)C2=O)c(Br)cc1OCc1cccc(C(=O)O)c1. The zero-order chi connectivity index (χ0) is 24.9. The van der Waals surface area contributed by atoms with Crippen molar-refractivity contribution in [2.45, 2.75) is 13.5 Å². The van der Waals surface area contributed by atoms with E-state index in [1.165, 1.54) is 22.7 Å². The van der Waals surface area contributed by atoms with E-state index in [-0.39, 0.29) is 18.1 Å². The van der Waals surface area contributed by atoms with Gasteiger partial charge in [0, 0.05) is 4.47 Å². The fraction of sp³-hybridized carbons (Fsp3) is 0.115. The molecule has 0 aliphatic carbocycles. The standard InChI is InChI=1S/C26H20BrNO5S2/c1-2-32-21-12-18(13-23-24(29)28(26(34)35-23)19-9-4-3-5-10-19)20(27)14-22(21)33-15-16-7-6-8-17(11-16)25(30)31/h3-14H,2,15H2,1H3,(H,30,31)/b23-13+. The van der Waals surface area contributed by atoms with Crippen LogP contribution in [0.25, 0.3) is 6.08 Å². The number of carbonyl (C=O) groups is 2. The normalized spacial score (nSPS) is 14.5. The lowest BCUT2D eigenvalue weighted by atomic mass is 10.1. The summed E-state index contributed by atoms with van der Waals surface area (Å²) in [5.74, 6) is -0.176. The van der Waals surface area contributed by atoms with E-state index in [1.54, 1.807) is 36.4 Å². The van der Waals surface area contributed by atoms with E-state index in [4.69, 9.17) is 21.7 Å². The van der Waals surface area contributed by atoms with Gasteiger partial charge < -0.3 is 14.6 Å². The maximum absolute atomic E-state index is 13.1. The number of hydrogen-bond acceptors (Lipinski definition) is 6. The van der Waals surface area contributed by atoms with Crippen molar-refractivity contribution in [3.63, 3.8) is 0 Å². The Labute approximate surface area is 220 Å². The Bertz CT molecular complexity index is 1330. The molecule has 1 saturated heterocycles. The van der Waals surface area contributed by atoms with Gasteiger partial charge in [-0.2, -0.15) is 0 Å². The second kappa shape index (κ2) is 11.1. The molecular weight excluding hydrogens is 550 g/mol. The minimum absolute atomic E-state index is 0.169. The van der Waals surface area contributed by atoms with Crippen LogP contribution in [0.3, 0.4) is 0 Å². The highest BCUT2D eigenvalue weighted by molar-refractivity contribution is 9.10. The highest BCUT2D eigenvalue weighted by atomic mass is 79.9. The number of benzene rings is 3. The van der Waals surface area contributed by atoms with Crippen molar-refractivity contribution in [2.24, 2.45) is 0 Å². The molecule has 178 valence electrons. The number of carboxylic acids is 1. The predicted octanol–water partition coefficient (Wildman–Crippen LogP) is 6.53. The molecule has 3 aromatic carbocycles. The van der Waals surface area contributed by atoms with Crippen LogP contribution in [0.2, 0.25) is 0 Å². The molecule has 3 aromatic rings. The van der Waals surface area contributed by atoms with Crippen molar-refractivity contribution in [2.75, 3.05) is 11.5 Å². The second-order valence-corrected chi connectivity index (χ2v) is 9.93. The van der Waals surface area contributed by atoms with Crippen LogP contribution in [0.5, 0.6) is 11.5 Å². The van der Waals surface area contributed by atoms with Crippen molar-refractivity contribution in [3.8, 4) is 11.5 Å². The number of thioether (sulfide) groups is 1.